The van der Waals surface area contributed by atoms with Gasteiger partial charge >= 0.3 is 0 Å². The topological polar surface area (TPSA) is 58.4 Å². The van der Waals surface area contributed by atoms with Crippen LogP contribution in [0.2, 0.25) is 0 Å². The lowest BCUT2D eigenvalue weighted by molar-refractivity contribution is -0.122. The molecule has 1 heterocycles. The number of piperazine rings is 1. The molecule has 0 bridgehead atoms. The van der Waals surface area contributed by atoms with Crippen LogP contribution in [0.1, 0.15) is 25.5 Å². The molecule has 4 nitrogen and oxygen atoms in total. The number of amides is 1. The molecule has 1 aromatic carbocycles. The van der Waals surface area contributed by atoms with Gasteiger partial charge < -0.3 is 16.0 Å². The maximum atomic E-state index is 13.3. The molecule has 1 aliphatic rings. The molecular weight excluding hydrogens is 233 g/mol. The van der Waals surface area contributed by atoms with Crippen LogP contribution in [0.4, 0.5) is 10.1 Å². The van der Waals surface area contributed by atoms with Crippen LogP contribution in [0.25, 0.3) is 0 Å². The van der Waals surface area contributed by atoms with Gasteiger partial charge in [-0.1, -0.05) is 0 Å². The normalized spacial score (nSPS) is 21.7. The number of benzene rings is 1. The highest BCUT2D eigenvalue weighted by atomic mass is 19.1. The SMILES string of the molecule is CC1C(=O)NCCN1c1ccc(F)cc1[C@@H](C)N. The molecule has 0 aromatic heterocycles. The molecule has 0 radical (unpaired) electrons. The Labute approximate surface area is 106 Å². The van der Waals surface area contributed by atoms with Crippen molar-refractivity contribution < 1.29 is 9.18 Å². The summed E-state index contributed by atoms with van der Waals surface area (Å²) in [6.45, 7) is 4.95. The van der Waals surface area contributed by atoms with E-state index < -0.39 is 0 Å². The average molecular weight is 251 g/mol. The second-order valence-corrected chi connectivity index (χ2v) is 4.65. The Morgan fingerprint density at radius 2 is 2.28 bits per heavy atom. The van der Waals surface area contributed by atoms with Crippen molar-refractivity contribution in [2.45, 2.75) is 25.9 Å². The van der Waals surface area contributed by atoms with E-state index in [1.54, 1.807) is 6.07 Å². The van der Waals surface area contributed by atoms with Gasteiger partial charge in [0.05, 0.1) is 0 Å². The summed E-state index contributed by atoms with van der Waals surface area (Å²) in [5, 5.41) is 2.81. The molecule has 3 N–H and O–H groups in total. The minimum Gasteiger partial charge on any atom is -0.358 e. The van der Waals surface area contributed by atoms with Crippen LogP contribution in [0.15, 0.2) is 18.2 Å². The zero-order valence-electron chi connectivity index (χ0n) is 10.6. The van der Waals surface area contributed by atoms with Gasteiger partial charge in [0, 0.05) is 24.8 Å². The molecule has 0 saturated carbocycles. The van der Waals surface area contributed by atoms with E-state index in [1.165, 1.54) is 12.1 Å². The molecule has 0 aliphatic carbocycles. The van der Waals surface area contributed by atoms with Crippen molar-refractivity contribution in [2.24, 2.45) is 5.73 Å². The molecule has 5 heteroatoms. The number of hydrogen-bond donors (Lipinski definition) is 2. The molecule has 2 atom stereocenters. The van der Waals surface area contributed by atoms with Gasteiger partial charge in [0.15, 0.2) is 0 Å². The lowest BCUT2D eigenvalue weighted by atomic mass is 10.0. The molecule has 1 unspecified atom stereocenters. The second kappa shape index (κ2) is 4.94. The molecular formula is C13H18FN3O. The Kier molecular flexibility index (Phi) is 3.52. The number of anilines is 1. The molecule has 1 fully saturated rings. The first kappa shape index (κ1) is 12.8. The van der Waals surface area contributed by atoms with E-state index in [4.69, 9.17) is 5.73 Å². The Balaban J connectivity index is 2.40. The maximum absolute atomic E-state index is 13.3. The number of halogens is 1. The van der Waals surface area contributed by atoms with Crippen LogP contribution >= 0.6 is 0 Å². The molecule has 2 rings (SSSR count). The zero-order chi connectivity index (χ0) is 13.3. The van der Waals surface area contributed by atoms with Gasteiger partial charge in [-0.15, -0.1) is 0 Å². The molecule has 1 aliphatic heterocycles. The Hall–Kier alpha value is -1.62. The van der Waals surface area contributed by atoms with Crippen LogP contribution in [0, 0.1) is 5.82 Å². The number of nitrogens with two attached hydrogens (primary N) is 1. The number of hydrogen-bond acceptors (Lipinski definition) is 3. The summed E-state index contributed by atoms with van der Waals surface area (Å²) in [6, 6.07) is 4.01. The van der Waals surface area contributed by atoms with E-state index in [1.807, 2.05) is 18.7 Å². The fraction of sp³-hybridized carbons (Fsp3) is 0.462. The van der Waals surface area contributed by atoms with Crippen molar-refractivity contribution in [3.63, 3.8) is 0 Å². The highest BCUT2D eigenvalue weighted by Gasteiger charge is 2.27. The number of nitrogens with one attached hydrogen (secondary N) is 1. The average Bonchev–Trinajstić information content (AvgIpc) is 2.33. The maximum Gasteiger partial charge on any atom is 0.242 e. The Morgan fingerprint density at radius 1 is 1.56 bits per heavy atom. The molecule has 1 aromatic rings. The Morgan fingerprint density at radius 3 is 2.94 bits per heavy atom. The molecule has 0 spiro atoms. The van der Waals surface area contributed by atoms with E-state index >= 15 is 0 Å². The van der Waals surface area contributed by atoms with Crippen molar-refractivity contribution in [2.75, 3.05) is 18.0 Å². The lowest BCUT2D eigenvalue weighted by Gasteiger charge is -2.36. The van der Waals surface area contributed by atoms with Crippen molar-refractivity contribution in [1.29, 1.82) is 0 Å². The largest absolute Gasteiger partial charge is 0.358 e. The summed E-state index contributed by atoms with van der Waals surface area (Å²) in [4.78, 5) is 13.6. The third kappa shape index (κ3) is 2.31. The van der Waals surface area contributed by atoms with E-state index in [9.17, 15) is 9.18 Å². The minimum atomic E-state index is -0.305. The van der Waals surface area contributed by atoms with Crippen molar-refractivity contribution in [1.82, 2.24) is 5.32 Å². The minimum absolute atomic E-state index is 0.0128. The monoisotopic (exact) mass is 251 g/mol. The fourth-order valence-corrected chi connectivity index (χ4v) is 2.26. The standard InChI is InChI=1S/C13H18FN3O/c1-8(15)11-7-10(14)3-4-12(11)17-6-5-16-13(18)9(17)2/h3-4,7-9H,5-6,15H2,1-2H3,(H,16,18)/t8-,9?/m1/s1. The molecule has 18 heavy (non-hydrogen) atoms. The first-order valence-electron chi connectivity index (χ1n) is 6.10. The predicted octanol–water partition coefficient (Wildman–Crippen LogP) is 1.17. The van der Waals surface area contributed by atoms with E-state index in [2.05, 4.69) is 5.32 Å². The second-order valence-electron chi connectivity index (χ2n) is 4.65. The van der Waals surface area contributed by atoms with Gasteiger partial charge in [0.2, 0.25) is 5.91 Å². The van der Waals surface area contributed by atoms with Crippen molar-refractivity contribution in [3.05, 3.63) is 29.6 Å². The number of carbonyl (C=O) groups is 1. The summed E-state index contributed by atoms with van der Waals surface area (Å²) in [5.41, 5.74) is 7.45. The molecule has 98 valence electrons. The first-order chi connectivity index (χ1) is 8.50. The number of carbonyl (C=O) groups excluding carboxylic acids is 1. The van der Waals surface area contributed by atoms with E-state index in [-0.39, 0.29) is 23.8 Å². The highest BCUT2D eigenvalue weighted by molar-refractivity contribution is 5.86. The van der Waals surface area contributed by atoms with Gasteiger partial charge in [-0.05, 0) is 37.6 Å². The van der Waals surface area contributed by atoms with Gasteiger partial charge in [0.1, 0.15) is 11.9 Å². The quantitative estimate of drug-likeness (QED) is 0.829. The fourth-order valence-electron chi connectivity index (χ4n) is 2.26. The first-order valence-corrected chi connectivity index (χ1v) is 6.10. The summed E-state index contributed by atoms with van der Waals surface area (Å²) < 4.78 is 13.3. The predicted molar refractivity (Wildman–Crippen MR) is 68.8 cm³/mol. The van der Waals surface area contributed by atoms with Crippen LogP contribution in [-0.2, 0) is 4.79 Å². The van der Waals surface area contributed by atoms with Crippen molar-refractivity contribution >= 4 is 11.6 Å². The van der Waals surface area contributed by atoms with Gasteiger partial charge in [-0.2, -0.15) is 0 Å². The third-order valence-electron chi connectivity index (χ3n) is 3.29. The van der Waals surface area contributed by atoms with Crippen LogP contribution in [0.3, 0.4) is 0 Å². The lowest BCUT2D eigenvalue weighted by Crippen LogP contribution is -2.54. The summed E-state index contributed by atoms with van der Waals surface area (Å²) in [5.74, 6) is -0.318. The smallest absolute Gasteiger partial charge is 0.242 e. The summed E-state index contributed by atoms with van der Waals surface area (Å²) in [6.07, 6.45) is 0. The van der Waals surface area contributed by atoms with Gasteiger partial charge in [-0.3, -0.25) is 4.79 Å². The van der Waals surface area contributed by atoms with Crippen LogP contribution in [-0.4, -0.2) is 25.0 Å². The Bertz CT molecular complexity index is 462. The summed E-state index contributed by atoms with van der Waals surface area (Å²) in [7, 11) is 0. The number of rotatable bonds is 2. The van der Waals surface area contributed by atoms with Crippen LogP contribution in [0.5, 0.6) is 0 Å². The van der Waals surface area contributed by atoms with Gasteiger partial charge in [-0.25, -0.2) is 4.39 Å². The number of nitrogens with zero attached hydrogens (tertiary/aromatic N) is 1. The third-order valence-corrected chi connectivity index (χ3v) is 3.29. The molecule has 1 amide bonds. The summed E-state index contributed by atoms with van der Waals surface area (Å²) >= 11 is 0. The molecule has 1 saturated heterocycles. The zero-order valence-corrected chi connectivity index (χ0v) is 10.6. The van der Waals surface area contributed by atoms with Crippen LogP contribution < -0.4 is 16.0 Å². The van der Waals surface area contributed by atoms with Crippen molar-refractivity contribution in [3.8, 4) is 0 Å². The van der Waals surface area contributed by atoms with E-state index in [0.717, 1.165) is 11.3 Å². The van der Waals surface area contributed by atoms with Gasteiger partial charge in [0.25, 0.3) is 0 Å². The van der Waals surface area contributed by atoms with E-state index in [0.29, 0.717) is 13.1 Å². The highest BCUT2D eigenvalue weighted by Crippen LogP contribution is 2.28.